The van der Waals surface area contributed by atoms with Gasteiger partial charge in [0.15, 0.2) is 0 Å². The Balaban J connectivity index is 1.33. The topological polar surface area (TPSA) is 127 Å². The van der Waals surface area contributed by atoms with Crippen molar-refractivity contribution in [1.29, 1.82) is 0 Å². The van der Waals surface area contributed by atoms with Gasteiger partial charge in [-0.3, -0.25) is 9.59 Å². The largest absolute Gasteiger partial charge is 0.497 e. The lowest BCUT2D eigenvalue weighted by Crippen LogP contribution is -2.45. The zero-order chi connectivity index (χ0) is 31.2. The number of amides is 2. The fourth-order valence-corrected chi connectivity index (χ4v) is 9.70. The molecule has 45 heavy (non-hydrogen) atoms. The highest BCUT2D eigenvalue weighted by molar-refractivity contribution is 7.87. The third kappa shape index (κ3) is 4.60. The molecule has 3 N–H and O–H groups in total. The van der Waals surface area contributed by atoms with Gasteiger partial charge in [0, 0.05) is 60.2 Å². The van der Waals surface area contributed by atoms with Gasteiger partial charge in [-0.25, -0.2) is 9.86 Å². The van der Waals surface area contributed by atoms with E-state index in [9.17, 15) is 18.0 Å². The molecule has 2 aromatic carbocycles. The number of likely N-dealkylation sites (N-methyl/N-ethyl adjacent to an activating group) is 1. The number of hydrogen-bond donors (Lipinski definition) is 2. The maximum absolute atomic E-state index is 14.8. The van der Waals surface area contributed by atoms with Gasteiger partial charge < -0.3 is 19.1 Å². The van der Waals surface area contributed by atoms with Crippen LogP contribution in [0.3, 0.4) is 0 Å². The number of carbonyl (C=O) groups excluding carboxylic acids is 2. The molecule has 4 heterocycles. The molecule has 0 bridgehead atoms. The Bertz CT molecular complexity index is 1850. The van der Waals surface area contributed by atoms with Crippen LogP contribution in [0.1, 0.15) is 78.3 Å². The van der Waals surface area contributed by atoms with Crippen molar-refractivity contribution in [3.63, 3.8) is 0 Å². The van der Waals surface area contributed by atoms with E-state index in [2.05, 4.69) is 33.5 Å². The molecule has 2 saturated heterocycles. The summed E-state index contributed by atoms with van der Waals surface area (Å²) in [6, 6.07) is 12.0. The molecule has 10 nitrogen and oxygen atoms in total. The predicted molar refractivity (Wildman–Crippen MR) is 171 cm³/mol. The van der Waals surface area contributed by atoms with Crippen LogP contribution in [0.5, 0.6) is 5.75 Å². The molecular weight excluding hydrogens is 590 g/mol. The first kappa shape index (κ1) is 29.0. The number of carbonyl (C=O) groups is 2. The lowest BCUT2D eigenvalue weighted by Gasteiger charge is -2.30. The zero-order valence-electron chi connectivity index (χ0n) is 25.9. The average Bonchev–Trinajstić information content (AvgIpc) is 3.29. The molecule has 8 rings (SSSR count). The molecule has 11 heteroatoms. The van der Waals surface area contributed by atoms with Gasteiger partial charge in [0.25, 0.3) is 16.1 Å². The molecule has 4 unspecified atom stereocenters. The summed E-state index contributed by atoms with van der Waals surface area (Å²) in [4.78, 5) is 32.4. The number of methoxy groups -OCH3 is 1. The molecule has 1 aromatic heterocycles. The van der Waals surface area contributed by atoms with E-state index in [1.165, 1.54) is 12.0 Å². The van der Waals surface area contributed by atoms with Crippen molar-refractivity contribution in [3.05, 3.63) is 53.1 Å². The maximum Gasteiger partial charge on any atom is 0.298 e. The highest BCUT2D eigenvalue weighted by Gasteiger charge is 2.65. The highest BCUT2D eigenvalue weighted by Crippen LogP contribution is 2.66. The third-order valence-corrected chi connectivity index (χ3v) is 11.9. The molecular formula is C34H41N5O5S. The first-order chi connectivity index (χ1) is 21.6. The number of fused-ring (bicyclic) bond motifs is 8. The minimum Gasteiger partial charge on any atom is -0.497 e. The SMILES string of the molecule is COc1ccc2c(c1)C1CC1(C(=O)N1CCC3CN(C)CC31)Cn1c-2c(C2CCCCC2)c2ccc(C(=O)NS(N)(=O)=O)cc21. The molecule has 3 aromatic rings. The minimum atomic E-state index is -4.22. The van der Waals surface area contributed by atoms with Gasteiger partial charge in [-0.1, -0.05) is 25.3 Å². The molecule has 2 saturated carbocycles. The summed E-state index contributed by atoms with van der Waals surface area (Å²) in [6.45, 7) is 3.25. The van der Waals surface area contributed by atoms with Gasteiger partial charge in [0.05, 0.1) is 18.2 Å². The van der Waals surface area contributed by atoms with Crippen LogP contribution in [0.4, 0.5) is 0 Å². The zero-order valence-corrected chi connectivity index (χ0v) is 26.7. The van der Waals surface area contributed by atoms with E-state index in [0.29, 0.717) is 18.4 Å². The van der Waals surface area contributed by atoms with E-state index in [1.54, 1.807) is 19.2 Å². The fraction of sp³-hybridized carbons (Fsp3) is 0.529. The fourth-order valence-electron chi connectivity index (χ4n) is 9.32. The van der Waals surface area contributed by atoms with Gasteiger partial charge in [0.1, 0.15) is 5.75 Å². The second kappa shape index (κ2) is 10.3. The van der Waals surface area contributed by atoms with Crippen LogP contribution in [-0.2, 0) is 21.5 Å². The van der Waals surface area contributed by atoms with Crippen molar-refractivity contribution in [2.45, 2.75) is 69.4 Å². The average molecular weight is 632 g/mol. The maximum atomic E-state index is 14.8. The van der Waals surface area contributed by atoms with Crippen LogP contribution in [-0.4, -0.2) is 74.4 Å². The Labute approximate surface area is 264 Å². The van der Waals surface area contributed by atoms with Gasteiger partial charge in [-0.15, -0.1) is 0 Å². The molecule has 238 valence electrons. The number of rotatable bonds is 5. The Kier molecular flexibility index (Phi) is 6.64. The predicted octanol–water partition coefficient (Wildman–Crippen LogP) is 3.95. The van der Waals surface area contributed by atoms with Gasteiger partial charge in [-0.05, 0) is 86.0 Å². The van der Waals surface area contributed by atoms with Crippen molar-refractivity contribution in [3.8, 4) is 17.0 Å². The molecule has 3 aliphatic heterocycles. The quantitative estimate of drug-likeness (QED) is 0.439. The number of ether oxygens (including phenoxy) is 1. The van der Waals surface area contributed by atoms with E-state index in [-0.39, 0.29) is 23.4 Å². The van der Waals surface area contributed by atoms with Crippen LogP contribution in [0.15, 0.2) is 36.4 Å². The number of nitrogens with one attached hydrogen (secondary N) is 1. The highest BCUT2D eigenvalue weighted by atomic mass is 32.2. The standard InChI is InChI=1S/C34H41N5O5S/c1-37-17-22-12-13-38(29(22)18-37)33(41)34-16-27(34)26-15-23(44-2)9-11-24(26)31-30(20-6-4-3-5-7-20)25-10-8-21(14-28(25)39(31)19-34)32(40)36-45(35,42)43/h8-11,14-15,20,22,27,29H,3-7,12-13,16-19H2,1-2H3,(H,36,40)(H2,35,42,43). The number of nitrogens with zero attached hydrogens (tertiary/aromatic N) is 3. The summed E-state index contributed by atoms with van der Waals surface area (Å²) >= 11 is 0. The number of likely N-dealkylation sites (tertiary alicyclic amines) is 2. The summed E-state index contributed by atoms with van der Waals surface area (Å²) < 4.78 is 33.4. The third-order valence-electron chi connectivity index (χ3n) is 11.4. The summed E-state index contributed by atoms with van der Waals surface area (Å²) in [5, 5.41) is 6.22. The molecule has 4 atom stereocenters. The van der Waals surface area contributed by atoms with Gasteiger partial charge in [0.2, 0.25) is 5.91 Å². The summed E-state index contributed by atoms with van der Waals surface area (Å²) in [5.74, 6) is 1.19. The first-order valence-electron chi connectivity index (χ1n) is 16.3. The summed E-state index contributed by atoms with van der Waals surface area (Å²) in [6.07, 6.45) is 7.53. The monoisotopic (exact) mass is 631 g/mol. The van der Waals surface area contributed by atoms with Gasteiger partial charge in [-0.2, -0.15) is 8.42 Å². The molecule has 2 amide bonds. The second-order valence-corrected chi connectivity index (χ2v) is 15.4. The summed E-state index contributed by atoms with van der Waals surface area (Å²) in [7, 11) is -0.397. The number of benzene rings is 2. The Morgan fingerprint density at radius 1 is 1.04 bits per heavy atom. The summed E-state index contributed by atoms with van der Waals surface area (Å²) in [5.41, 5.74) is 5.16. The first-order valence-corrected chi connectivity index (χ1v) is 17.8. The van der Waals surface area contributed by atoms with Crippen LogP contribution < -0.4 is 14.6 Å². The number of aromatic nitrogens is 1. The van der Waals surface area contributed by atoms with Crippen molar-refractivity contribution in [2.24, 2.45) is 16.5 Å². The smallest absolute Gasteiger partial charge is 0.298 e. The normalized spacial score (nSPS) is 27.8. The Morgan fingerprint density at radius 3 is 2.60 bits per heavy atom. The van der Waals surface area contributed by atoms with E-state index in [0.717, 1.165) is 91.6 Å². The van der Waals surface area contributed by atoms with Crippen molar-refractivity contribution in [2.75, 3.05) is 33.8 Å². The number of hydrogen-bond acceptors (Lipinski definition) is 6. The molecule has 0 spiro atoms. The lowest BCUT2D eigenvalue weighted by atomic mass is 9.81. The van der Waals surface area contributed by atoms with Crippen LogP contribution in [0.25, 0.3) is 22.2 Å². The van der Waals surface area contributed by atoms with E-state index < -0.39 is 21.5 Å². The van der Waals surface area contributed by atoms with E-state index in [1.807, 2.05) is 16.9 Å². The van der Waals surface area contributed by atoms with Crippen molar-refractivity contribution in [1.82, 2.24) is 19.1 Å². The van der Waals surface area contributed by atoms with Crippen molar-refractivity contribution < 1.29 is 22.7 Å². The molecule has 4 fully saturated rings. The lowest BCUT2D eigenvalue weighted by molar-refractivity contribution is -0.138. The second-order valence-electron chi connectivity index (χ2n) is 14.1. The van der Waals surface area contributed by atoms with Crippen LogP contribution in [0.2, 0.25) is 0 Å². The molecule has 0 radical (unpaired) electrons. The van der Waals surface area contributed by atoms with Crippen LogP contribution >= 0.6 is 0 Å². The molecule has 2 aliphatic carbocycles. The van der Waals surface area contributed by atoms with E-state index in [4.69, 9.17) is 9.88 Å². The number of nitrogens with two attached hydrogens (primary N) is 1. The molecule has 5 aliphatic rings. The van der Waals surface area contributed by atoms with Crippen LogP contribution in [0, 0.1) is 11.3 Å². The minimum absolute atomic E-state index is 0.0660. The Hall–Kier alpha value is -3.41. The van der Waals surface area contributed by atoms with Crippen molar-refractivity contribution >= 4 is 32.9 Å². The Morgan fingerprint density at radius 2 is 1.84 bits per heavy atom. The van der Waals surface area contributed by atoms with Gasteiger partial charge >= 0.3 is 0 Å². The van der Waals surface area contributed by atoms with E-state index >= 15 is 0 Å².